The average Bonchev–Trinajstić information content (AvgIpc) is 3.65. The largest absolute Gasteiger partial charge is 0.455 e. The molecule has 0 N–H and O–H groups in total. The second-order valence-electron chi connectivity index (χ2n) is 10.5. The van der Waals surface area contributed by atoms with Gasteiger partial charge in [-0.3, -0.25) is 0 Å². The van der Waals surface area contributed by atoms with Crippen LogP contribution in [-0.4, -0.2) is 0 Å². The van der Waals surface area contributed by atoms with E-state index in [1.54, 1.807) is 0 Å². The molecule has 0 aliphatic carbocycles. The molecule has 2 heterocycles. The van der Waals surface area contributed by atoms with Crippen LogP contribution in [0.4, 0.5) is 0 Å². The maximum Gasteiger partial charge on any atom is 0.143 e. The summed E-state index contributed by atoms with van der Waals surface area (Å²) in [5.41, 5.74) is 10.5. The highest BCUT2D eigenvalue weighted by Crippen LogP contribution is 2.44. The number of furan rings is 2. The van der Waals surface area contributed by atoms with Gasteiger partial charge in [0.1, 0.15) is 22.7 Å². The van der Waals surface area contributed by atoms with Gasteiger partial charge in [-0.05, 0) is 46.5 Å². The van der Waals surface area contributed by atoms with Gasteiger partial charge < -0.3 is 8.83 Å². The molecule has 42 heavy (non-hydrogen) atoms. The summed E-state index contributed by atoms with van der Waals surface area (Å²) >= 11 is 0. The number of benzene rings is 6. The molecule has 0 saturated carbocycles. The van der Waals surface area contributed by atoms with E-state index >= 15 is 0 Å². The van der Waals surface area contributed by atoms with Crippen LogP contribution in [0.1, 0.15) is 0 Å². The Morgan fingerprint density at radius 3 is 0.976 bits per heavy atom. The summed E-state index contributed by atoms with van der Waals surface area (Å²) in [6.07, 6.45) is 0. The lowest BCUT2D eigenvalue weighted by Crippen LogP contribution is -1.82. The van der Waals surface area contributed by atoms with Crippen LogP contribution in [0.3, 0.4) is 0 Å². The monoisotopic (exact) mass is 538 g/mol. The van der Waals surface area contributed by atoms with Crippen LogP contribution in [0, 0.1) is 0 Å². The lowest BCUT2D eigenvalue weighted by atomic mass is 9.96. The van der Waals surface area contributed by atoms with Gasteiger partial charge in [0.2, 0.25) is 0 Å². The van der Waals surface area contributed by atoms with E-state index in [2.05, 4.69) is 133 Å². The normalized spacial score (nSPS) is 11.3. The molecule has 0 aliphatic heterocycles. The van der Waals surface area contributed by atoms with Gasteiger partial charge >= 0.3 is 0 Å². The lowest BCUT2D eigenvalue weighted by molar-refractivity contribution is 0.632. The van der Waals surface area contributed by atoms with Crippen molar-refractivity contribution in [2.45, 2.75) is 0 Å². The molecule has 0 radical (unpaired) electrons. The highest BCUT2D eigenvalue weighted by atomic mass is 16.3. The quantitative estimate of drug-likeness (QED) is 0.218. The van der Waals surface area contributed by atoms with Crippen LogP contribution >= 0.6 is 0 Å². The molecule has 0 saturated heterocycles. The minimum atomic E-state index is 0.861. The molecule has 0 fully saturated rings. The third-order valence-corrected chi connectivity index (χ3v) is 7.91. The van der Waals surface area contributed by atoms with Gasteiger partial charge in [-0.15, -0.1) is 0 Å². The Labute approximate surface area is 244 Å². The molecule has 198 valence electrons. The fraction of sp³-hybridized carbons (Fsp3) is 0. The minimum absolute atomic E-state index is 0.861. The van der Waals surface area contributed by atoms with E-state index < -0.39 is 0 Å². The Morgan fingerprint density at radius 1 is 0.286 bits per heavy atom. The van der Waals surface area contributed by atoms with Gasteiger partial charge in [-0.1, -0.05) is 133 Å². The van der Waals surface area contributed by atoms with Crippen LogP contribution in [0.2, 0.25) is 0 Å². The minimum Gasteiger partial charge on any atom is -0.455 e. The SMILES string of the molecule is c1ccc(-c2oc3cc(-c4ccc5c(-c6ccccc6)c(-c6ccccc6)oc5c4)ccc3c2-c2ccccc2)cc1. The molecule has 8 aromatic rings. The summed E-state index contributed by atoms with van der Waals surface area (Å²) in [6, 6.07) is 54.6. The lowest BCUT2D eigenvalue weighted by Gasteiger charge is -2.05. The standard InChI is InChI=1S/C40H26O2/c1-5-13-27(14-6-1)37-33-23-21-31(25-35(33)41-39(37)29-17-9-3-10-18-29)32-22-24-34-36(26-32)42-40(30-19-11-4-12-20-30)38(34)28-15-7-2-8-16-28/h1-26H. The first-order chi connectivity index (χ1) is 20.8. The highest BCUT2D eigenvalue weighted by molar-refractivity contribution is 6.05. The first-order valence-electron chi connectivity index (χ1n) is 14.2. The van der Waals surface area contributed by atoms with Crippen molar-refractivity contribution >= 4 is 21.9 Å². The van der Waals surface area contributed by atoms with Crippen LogP contribution in [0.15, 0.2) is 167 Å². The van der Waals surface area contributed by atoms with E-state index in [1.165, 1.54) is 0 Å². The summed E-state index contributed by atoms with van der Waals surface area (Å²) in [4.78, 5) is 0. The van der Waals surface area contributed by atoms with E-state index in [1.807, 2.05) is 24.3 Å². The zero-order chi connectivity index (χ0) is 27.9. The van der Waals surface area contributed by atoms with Crippen molar-refractivity contribution in [3.8, 4) is 56.0 Å². The van der Waals surface area contributed by atoms with Crippen molar-refractivity contribution in [2.75, 3.05) is 0 Å². The topological polar surface area (TPSA) is 26.3 Å². The summed E-state index contributed by atoms with van der Waals surface area (Å²) in [5.74, 6) is 1.77. The Balaban J connectivity index is 1.29. The van der Waals surface area contributed by atoms with E-state index in [4.69, 9.17) is 8.83 Å². The van der Waals surface area contributed by atoms with Crippen molar-refractivity contribution in [2.24, 2.45) is 0 Å². The molecule has 0 amide bonds. The molecular formula is C40H26O2. The van der Waals surface area contributed by atoms with Crippen LogP contribution in [-0.2, 0) is 0 Å². The highest BCUT2D eigenvalue weighted by Gasteiger charge is 2.20. The number of rotatable bonds is 5. The van der Waals surface area contributed by atoms with Gasteiger partial charge in [-0.2, -0.15) is 0 Å². The van der Waals surface area contributed by atoms with Gasteiger partial charge in [0.05, 0.1) is 0 Å². The second kappa shape index (κ2) is 10.1. The second-order valence-corrected chi connectivity index (χ2v) is 10.5. The van der Waals surface area contributed by atoms with E-state index in [0.29, 0.717) is 0 Å². The van der Waals surface area contributed by atoms with E-state index in [0.717, 1.165) is 78.0 Å². The van der Waals surface area contributed by atoms with Crippen molar-refractivity contribution < 1.29 is 8.83 Å². The zero-order valence-corrected chi connectivity index (χ0v) is 22.8. The molecule has 0 bridgehead atoms. The Hall–Kier alpha value is -5.60. The molecule has 2 nitrogen and oxygen atoms in total. The van der Waals surface area contributed by atoms with E-state index in [9.17, 15) is 0 Å². The molecule has 0 unspecified atom stereocenters. The summed E-state index contributed by atoms with van der Waals surface area (Å²) in [5, 5.41) is 2.20. The Morgan fingerprint density at radius 2 is 0.619 bits per heavy atom. The van der Waals surface area contributed by atoms with Gasteiger partial charge in [0.15, 0.2) is 0 Å². The van der Waals surface area contributed by atoms with Crippen molar-refractivity contribution in [3.63, 3.8) is 0 Å². The fourth-order valence-corrected chi connectivity index (χ4v) is 5.92. The molecule has 2 aromatic heterocycles. The summed E-state index contributed by atoms with van der Waals surface area (Å²) in [7, 11) is 0. The molecule has 2 heteroatoms. The average molecular weight is 539 g/mol. The van der Waals surface area contributed by atoms with Crippen molar-refractivity contribution in [1.82, 2.24) is 0 Å². The maximum absolute atomic E-state index is 6.60. The van der Waals surface area contributed by atoms with Gasteiger partial charge in [0, 0.05) is 33.0 Å². The van der Waals surface area contributed by atoms with Crippen LogP contribution < -0.4 is 0 Å². The van der Waals surface area contributed by atoms with Gasteiger partial charge in [-0.25, -0.2) is 0 Å². The van der Waals surface area contributed by atoms with Crippen LogP contribution in [0.25, 0.3) is 78.0 Å². The molecule has 8 rings (SSSR count). The number of fused-ring (bicyclic) bond motifs is 2. The molecule has 0 atom stereocenters. The predicted molar refractivity (Wildman–Crippen MR) is 173 cm³/mol. The Kier molecular flexibility index (Phi) is 5.82. The third kappa shape index (κ3) is 4.13. The summed E-state index contributed by atoms with van der Waals surface area (Å²) < 4.78 is 13.2. The number of hydrogen-bond donors (Lipinski definition) is 0. The third-order valence-electron chi connectivity index (χ3n) is 7.91. The Bertz CT molecular complexity index is 2000. The predicted octanol–water partition coefficient (Wildman–Crippen LogP) is 11.5. The molecular weight excluding hydrogens is 512 g/mol. The van der Waals surface area contributed by atoms with Gasteiger partial charge in [0.25, 0.3) is 0 Å². The van der Waals surface area contributed by atoms with Crippen LogP contribution in [0.5, 0.6) is 0 Å². The molecule has 6 aromatic carbocycles. The molecule has 0 aliphatic rings. The first kappa shape index (κ1) is 24.2. The fourth-order valence-electron chi connectivity index (χ4n) is 5.92. The maximum atomic E-state index is 6.60. The van der Waals surface area contributed by atoms with E-state index in [-0.39, 0.29) is 0 Å². The van der Waals surface area contributed by atoms with Crippen molar-refractivity contribution in [3.05, 3.63) is 158 Å². The number of hydrogen-bond acceptors (Lipinski definition) is 2. The van der Waals surface area contributed by atoms with Crippen molar-refractivity contribution in [1.29, 1.82) is 0 Å². The summed E-state index contributed by atoms with van der Waals surface area (Å²) in [6.45, 7) is 0. The smallest absolute Gasteiger partial charge is 0.143 e. The zero-order valence-electron chi connectivity index (χ0n) is 22.8. The first-order valence-corrected chi connectivity index (χ1v) is 14.2. The molecule has 0 spiro atoms.